The summed E-state index contributed by atoms with van der Waals surface area (Å²) in [5.41, 5.74) is 0. The molecule has 0 aromatic rings. The van der Waals surface area contributed by atoms with Gasteiger partial charge in [-0.2, -0.15) is 0 Å². The maximum atomic E-state index is 13.4. The third-order valence-corrected chi connectivity index (χ3v) is 6.16. The highest BCUT2D eigenvalue weighted by Gasteiger charge is 2.33. The van der Waals surface area contributed by atoms with Crippen LogP contribution in [0.2, 0.25) is 0 Å². The van der Waals surface area contributed by atoms with Crippen molar-refractivity contribution in [2.45, 2.75) is 74.9 Å². The second-order valence-corrected chi connectivity index (χ2v) is 8.34. The molecule has 2 aliphatic heterocycles. The van der Waals surface area contributed by atoms with Crippen molar-refractivity contribution in [2.75, 3.05) is 20.1 Å². The smallest absolute Gasteiger partial charge is 0.226 e. The molecule has 0 aromatic heterocycles. The van der Waals surface area contributed by atoms with Gasteiger partial charge >= 0.3 is 0 Å². The van der Waals surface area contributed by atoms with E-state index >= 15 is 0 Å². The molecule has 26 heavy (non-hydrogen) atoms. The highest BCUT2D eigenvalue weighted by molar-refractivity contribution is 6.21. The van der Waals surface area contributed by atoms with Crippen molar-refractivity contribution in [1.29, 1.82) is 0 Å². The number of rotatable bonds is 4. The van der Waals surface area contributed by atoms with Gasteiger partial charge in [0.15, 0.2) is 0 Å². The van der Waals surface area contributed by atoms with E-state index in [-0.39, 0.29) is 36.1 Å². The highest BCUT2D eigenvalue weighted by atomic mass is 35.5. The topological polar surface area (TPSA) is 70.7 Å². The van der Waals surface area contributed by atoms with E-state index in [0.717, 1.165) is 19.3 Å². The first-order valence-electron chi connectivity index (χ1n) is 9.63. The molecular weight excluding hydrogens is 361 g/mol. The number of hydrogen-bond donors (Lipinski definition) is 2. The number of carbonyl (C=O) groups is 2. The summed E-state index contributed by atoms with van der Waals surface area (Å²) in [5.74, 6) is -0.0247. The molecule has 0 aromatic carbocycles. The van der Waals surface area contributed by atoms with Crippen LogP contribution in [0.1, 0.15) is 44.9 Å². The number of alkyl halides is 2. The largest absolute Gasteiger partial charge is 0.374 e. The van der Waals surface area contributed by atoms with Gasteiger partial charge in [0.2, 0.25) is 11.8 Å². The van der Waals surface area contributed by atoms with Crippen LogP contribution >= 0.6 is 11.6 Å². The summed E-state index contributed by atoms with van der Waals surface area (Å²) < 4.78 is 19.5. The third kappa shape index (κ3) is 5.08. The predicted molar refractivity (Wildman–Crippen MR) is 96.6 cm³/mol. The Labute approximate surface area is 159 Å². The number of amides is 2. The first-order chi connectivity index (χ1) is 12.4. The van der Waals surface area contributed by atoms with Gasteiger partial charge in [-0.15, -0.1) is 11.6 Å². The quantitative estimate of drug-likeness (QED) is 0.716. The molecule has 1 aliphatic carbocycles. The van der Waals surface area contributed by atoms with Gasteiger partial charge in [0.05, 0.1) is 29.7 Å². The SMILES string of the molecule is CN1CC(C(=O)NC2CCC(OC3CCC(F)C(Cl)C3)CN2)CCC1=O. The molecule has 6 atom stereocenters. The van der Waals surface area contributed by atoms with Crippen LogP contribution in [0, 0.1) is 5.92 Å². The molecule has 3 fully saturated rings. The lowest BCUT2D eigenvalue weighted by Crippen LogP contribution is -2.55. The maximum absolute atomic E-state index is 13.4. The van der Waals surface area contributed by atoms with E-state index in [1.807, 2.05) is 0 Å². The Kier molecular flexibility index (Phi) is 6.75. The monoisotopic (exact) mass is 389 g/mol. The Hall–Kier alpha value is -0.920. The molecule has 0 bridgehead atoms. The van der Waals surface area contributed by atoms with Crippen LogP contribution in [0.15, 0.2) is 0 Å². The molecule has 2 saturated heterocycles. The van der Waals surface area contributed by atoms with Crippen LogP contribution in [-0.2, 0) is 14.3 Å². The van der Waals surface area contributed by atoms with Gasteiger partial charge in [-0.05, 0) is 38.5 Å². The maximum Gasteiger partial charge on any atom is 0.226 e. The average Bonchev–Trinajstić information content (AvgIpc) is 2.62. The molecular formula is C18H29ClFN3O3. The molecule has 8 heteroatoms. The number of nitrogens with one attached hydrogen (secondary N) is 2. The lowest BCUT2D eigenvalue weighted by atomic mass is 9.95. The number of halogens is 2. The van der Waals surface area contributed by atoms with Crippen molar-refractivity contribution < 1.29 is 18.7 Å². The fourth-order valence-corrected chi connectivity index (χ4v) is 4.35. The summed E-state index contributed by atoms with van der Waals surface area (Å²) in [7, 11) is 1.74. The minimum absolute atomic E-state index is 0.00692. The number of piperidine rings is 2. The van der Waals surface area contributed by atoms with E-state index in [1.165, 1.54) is 0 Å². The second-order valence-electron chi connectivity index (χ2n) is 7.78. The fourth-order valence-electron chi connectivity index (χ4n) is 4.02. The zero-order chi connectivity index (χ0) is 18.7. The molecule has 0 spiro atoms. The standard InChI is InChI=1S/C18H29ClFN3O3/c1-23-10-11(2-7-17(23)24)18(25)22-16-6-4-13(9-21-16)26-12-3-5-15(20)14(19)8-12/h11-16,21H,2-10H2,1H3,(H,22,25). The van der Waals surface area contributed by atoms with Crippen molar-refractivity contribution >= 4 is 23.4 Å². The Morgan fingerprint density at radius 3 is 2.69 bits per heavy atom. The average molecular weight is 390 g/mol. The van der Waals surface area contributed by atoms with E-state index in [2.05, 4.69) is 10.6 Å². The lowest BCUT2D eigenvalue weighted by Gasteiger charge is -2.36. The van der Waals surface area contributed by atoms with Gasteiger partial charge in [0, 0.05) is 26.6 Å². The molecule has 6 nitrogen and oxygen atoms in total. The van der Waals surface area contributed by atoms with Crippen molar-refractivity contribution in [3.05, 3.63) is 0 Å². The minimum Gasteiger partial charge on any atom is -0.374 e. The highest BCUT2D eigenvalue weighted by Crippen LogP contribution is 2.29. The number of ether oxygens (including phenoxy) is 1. The first-order valence-corrected chi connectivity index (χ1v) is 10.1. The lowest BCUT2D eigenvalue weighted by molar-refractivity contribution is -0.137. The van der Waals surface area contributed by atoms with Crippen molar-refractivity contribution in [3.8, 4) is 0 Å². The van der Waals surface area contributed by atoms with Gasteiger partial charge in [0.1, 0.15) is 6.17 Å². The molecule has 148 valence electrons. The Balaban J connectivity index is 1.37. The minimum atomic E-state index is -0.922. The molecule has 1 saturated carbocycles. The van der Waals surface area contributed by atoms with Gasteiger partial charge < -0.3 is 15.0 Å². The first kappa shape index (κ1) is 19.8. The van der Waals surface area contributed by atoms with Crippen molar-refractivity contribution in [2.24, 2.45) is 5.92 Å². The summed E-state index contributed by atoms with van der Waals surface area (Å²) in [6, 6.07) is 0. The van der Waals surface area contributed by atoms with Crippen LogP contribution in [-0.4, -0.2) is 66.8 Å². The number of likely N-dealkylation sites (tertiary alicyclic amines) is 1. The third-order valence-electron chi connectivity index (χ3n) is 5.71. The number of hydrogen-bond acceptors (Lipinski definition) is 4. The molecule has 2 N–H and O–H groups in total. The van der Waals surface area contributed by atoms with E-state index in [1.54, 1.807) is 11.9 Å². The molecule has 2 heterocycles. The summed E-state index contributed by atoms with van der Waals surface area (Å²) in [6.45, 7) is 1.15. The van der Waals surface area contributed by atoms with Crippen molar-refractivity contribution in [1.82, 2.24) is 15.5 Å². The normalized spacial score (nSPS) is 38.9. The molecule has 3 rings (SSSR count). The van der Waals surface area contributed by atoms with Gasteiger partial charge in [-0.3, -0.25) is 14.9 Å². The predicted octanol–water partition coefficient (Wildman–Crippen LogP) is 1.56. The van der Waals surface area contributed by atoms with Gasteiger partial charge in [0.25, 0.3) is 0 Å². The summed E-state index contributed by atoms with van der Waals surface area (Å²) in [5, 5.41) is 5.92. The Bertz CT molecular complexity index is 516. The number of nitrogens with zero attached hydrogens (tertiary/aromatic N) is 1. The van der Waals surface area contributed by atoms with Crippen LogP contribution < -0.4 is 10.6 Å². The molecule has 2 amide bonds. The van der Waals surface area contributed by atoms with Crippen molar-refractivity contribution in [3.63, 3.8) is 0 Å². The molecule has 3 aliphatic rings. The Morgan fingerprint density at radius 1 is 1.27 bits per heavy atom. The fraction of sp³-hybridized carbons (Fsp3) is 0.889. The van der Waals surface area contributed by atoms with Gasteiger partial charge in [-0.25, -0.2) is 4.39 Å². The van der Waals surface area contributed by atoms with E-state index in [4.69, 9.17) is 16.3 Å². The zero-order valence-electron chi connectivity index (χ0n) is 15.3. The summed E-state index contributed by atoms with van der Waals surface area (Å²) >= 11 is 6.01. The van der Waals surface area contributed by atoms with E-state index in [0.29, 0.717) is 38.8 Å². The van der Waals surface area contributed by atoms with Gasteiger partial charge in [-0.1, -0.05) is 0 Å². The molecule has 6 unspecified atom stereocenters. The number of carbonyl (C=O) groups excluding carboxylic acids is 2. The zero-order valence-corrected chi connectivity index (χ0v) is 16.0. The summed E-state index contributed by atoms with van der Waals surface area (Å²) in [4.78, 5) is 25.6. The molecule has 0 radical (unpaired) electrons. The summed E-state index contributed by atoms with van der Waals surface area (Å²) in [6.07, 6.45) is 3.56. The van der Waals surface area contributed by atoms with Crippen LogP contribution in [0.25, 0.3) is 0 Å². The van der Waals surface area contributed by atoms with Crippen LogP contribution in [0.3, 0.4) is 0 Å². The Morgan fingerprint density at radius 2 is 2.04 bits per heavy atom. The van der Waals surface area contributed by atoms with E-state index < -0.39 is 11.5 Å². The van der Waals surface area contributed by atoms with E-state index in [9.17, 15) is 14.0 Å². The van der Waals surface area contributed by atoms with Crippen LogP contribution in [0.5, 0.6) is 0 Å². The van der Waals surface area contributed by atoms with Crippen LogP contribution in [0.4, 0.5) is 4.39 Å². The second kappa shape index (κ2) is 8.85.